The van der Waals surface area contributed by atoms with Gasteiger partial charge in [-0.15, -0.1) is 0 Å². The number of hydrogen-bond acceptors (Lipinski definition) is 9. The Kier molecular flexibility index (Phi) is 9.39. The molecule has 0 aliphatic carbocycles. The molecule has 1 fully saturated rings. The number of rotatable bonds is 8. The van der Waals surface area contributed by atoms with Crippen LogP contribution in [0.4, 0.5) is 42.0 Å². The number of aliphatic imine (C=N–C) groups is 1. The number of nitrogens with zero attached hydrogens (tertiary/aromatic N) is 5. The number of halogens is 3. The summed E-state index contributed by atoms with van der Waals surface area (Å²) in [5.74, 6) is -0.398. The minimum absolute atomic E-state index is 0.0114. The Labute approximate surface area is 247 Å². The van der Waals surface area contributed by atoms with Gasteiger partial charge in [0.2, 0.25) is 5.95 Å². The average molecular weight is 598 g/mol. The zero-order chi connectivity index (χ0) is 31.3. The molecule has 0 bridgehead atoms. The molecule has 6 N–H and O–H groups in total. The lowest BCUT2D eigenvalue weighted by Crippen LogP contribution is -2.31. The number of likely N-dealkylation sites (N-methyl/N-ethyl adjacent to an activating group) is 1. The lowest BCUT2D eigenvalue weighted by Gasteiger charge is -2.22. The van der Waals surface area contributed by atoms with E-state index in [-0.39, 0.29) is 34.3 Å². The summed E-state index contributed by atoms with van der Waals surface area (Å²) in [6.45, 7) is 8.69. The summed E-state index contributed by atoms with van der Waals surface area (Å²) in [5, 5.41) is 5.43. The number of benzene rings is 2. The molecule has 2 aromatic carbocycles. The number of nitrogen functional groups attached to an aromatic ring is 1. The van der Waals surface area contributed by atoms with Crippen LogP contribution in [0.3, 0.4) is 0 Å². The Morgan fingerprint density at radius 1 is 1.14 bits per heavy atom. The summed E-state index contributed by atoms with van der Waals surface area (Å²) in [4.78, 5) is 31.0. The van der Waals surface area contributed by atoms with E-state index in [1.54, 1.807) is 13.0 Å². The molecule has 1 amide bonds. The Bertz CT molecular complexity index is 1540. The van der Waals surface area contributed by atoms with Crippen LogP contribution in [-0.4, -0.2) is 66.9 Å². The van der Waals surface area contributed by atoms with Crippen LogP contribution in [-0.2, 0) is 6.18 Å². The smallest absolute Gasteiger partial charge is 0.420 e. The molecular formula is C29H34F3N9O2. The van der Waals surface area contributed by atoms with Crippen molar-refractivity contribution in [1.29, 1.82) is 0 Å². The van der Waals surface area contributed by atoms with Gasteiger partial charge in [-0.2, -0.15) is 18.2 Å². The normalized spacial score (nSPS) is 14.7. The second-order valence-electron chi connectivity index (χ2n) is 9.99. The molecular weight excluding hydrogens is 563 g/mol. The van der Waals surface area contributed by atoms with Crippen molar-refractivity contribution in [3.8, 4) is 5.75 Å². The Hall–Kier alpha value is -4.85. The lowest BCUT2D eigenvalue weighted by atomic mass is 10.1. The summed E-state index contributed by atoms with van der Waals surface area (Å²) in [7, 11) is 3.20. The Balaban J connectivity index is 1.66. The van der Waals surface area contributed by atoms with Gasteiger partial charge in [-0.3, -0.25) is 4.79 Å². The second-order valence-corrected chi connectivity index (χ2v) is 9.99. The van der Waals surface area contributed by atoms with E-state index in [9.17, 15) is 18.0 Å². The number of anilines is 4. The summed E-state index contributed by atoms with van der Waals surface area (Å²) >= 11 is 0. The van der Waals surface area contributed by atoms with Gasteiger partial charge in [0.05, 0.1) is 18.4 Å². The number of amidine groups is 1. The van der Waals surface area contributed by atoms with E-state index in [2.05, 4.69) is 39.1 Å². The molecule has 1 aromatic heterocycles. The number of aromatic nitrogens is 2. The standard InChI is InChI=1S/C29H34F3N9O2/c1-5-35-23-24(38-28(39-25(23)33)41-12-6-11-40(3)13-14-41)26(34)37-21-15-18(8-7-17(21)2)27(42)36-19-9-10-22(43-4)20(16-19)29(30,31)32/h5,7-10,15-16,35H,1,6,11-14H2,2-4H3,(H2,34,37)(H,36,42)(H2,33,38,39). The fourth-order valence-electron chi connectivity index (χ4n) is 4.55. The Morgan fingerprint density at radius 3 is 2.60 bits per heavy atom. The minimum atomic E-state index is -4.66. The van der Waals surface area contributed by atoms with Crippen molar-refractivity contribution in [2.75, 3.05) is 61.6 Å². The molecule has 1 aliphatic rings. The first-order valence-corrected chi connectivity index (χ1v) is 13.4. The third-order valence-electron chi connectivity index (χ3n) is 6.89. The summed E-state index contributed by atoms with van der Waals surface area (Å²) in [6.07, 6.45) is -2.32. The van der Waals surface area contributed by atoms with Crippen LogP contribution in [0.5, 0.6) is 5.75 Å². The molecule has 0 atom stereocenters. The molecule has 2 heterocycles. The zero-order valence-corrected chi connectivity index (χ0v) is 24.1. The Morgan fingerprint density at radius 2 is 1.91 bits per heavy atom. The molecule has 1 saturated heterocycles. The number of nitrogens with two attached hydrogens (primary N) is 2. The van der Waals surface area contributed by atoms with Crippen molar-refractivity contribution >= 4 is 40.6 Å². The third kappa shape index (κ3) is 7.33. The topological polar surface area (TPSA) is 147 Å². The van der Waals surface area contributed by atoms with Gasteiger partial charge in [0, 0.05) is 30.9 Å². The van der Waals surface area contributed by atoms with Crippen molar-refractivity contribution in [2.24, 2.45) is 10.7 Å². The number of alkyl halides is 3. The summed E-state index contributed by atoms with van der Waals surface area (Å²) in [6, 6.07) is 7.97. The molecule has 0 radical (unpaired) electrons. The molecule has 0 unspecified atom stereocenters. The van der Waals surface area contributed by atoms with Gasteiger partial charge in [0.1, 0.15) is 17.1 Å². The largest absolute Gasteiger partial charge is 0.496 e. The quantitative estimate of drug-likeness (QED) is 0.219. The van der Waals surface area contributed by atoms with E-state index in [0.29, 0.717) is 29.4 Å². The number of aryl methyl sites for hydroxylation is 1. The number of hydrogen-bond donors (Lipinski definition) is 4. The fourth-order valence-corrected chi connectivity index (χ4v) is 4.55. The third-order valence-corrected chi connectivity index (χ3v) is 6.89. The van der Waals surface area contributed by atoms with Crippen LogP contribution in [0.25, 0.3) is 0 Å². The van der Waals surface area contributed by atoms with Gasteiger partial charge in [-0.25, -0.2) is 9.98 Å². The SMILES string of the molecule is C=CNc1c(N)nc(N2CCCN(C)CC2)nc1C(N)=Nc1cc(C(=O)Nc2ccc(OC)c(C(F)(F)F)c2)ccc1C. The number of amides is 1. The van der Waals surface area contributed by atoms with Crippen LogP contribution in [0.15, 0.2) is 54.2 Å². The van der Waals surface area contributed by atoms with E-state index in [1.807, 2.05) is 4.90 Å². The molecule has 14 heteroatoms. The lowest BCUT2D eigenvalue weighted by molar-refractivity contribution is -0.138. The molecule has 43 heavy (non-hydrogen) atoms. The number of carbonyl (C=O) groups is 1. The van der Waals surface area contributed by atoms with Crippen molar-refractivity contribution in [3.05, 3.63) is 71.6 Å². The number of ether oxygens (including phenoxy) is 1. The van der Waals surface area contributed by atoms with Gasteiger partial charge >= 0.3 is 6.18 Å². The number of nitrogens with one attached hydrogen (secondary N) is 2. The average Bonchev–Trinajstić information content (AvgIpc) is 3.18. The highest BCUT2D eigenvalue weighted by Crippen LogP contribution is 2.38. The van der Waals surface area contributed by atoms with E-state index >= 15 is 0 Å². The highest BCUT2D eigenvalue weighted by Gasteiger charge is 2.34. The zero-order valence-electron chi connectivity index (χ0n) is 24.1. The maximum atomic E-state index is 13.4. The van der Waals surface area contributed by atoms with Gasteiger partial charge in [0.15, 0.2) is 11.7 Å². The van der Waals surface area contributed by atoms with Crippen LogP contribution in [0.2, 0.25) is 0 Å². The van der Waals surface area contributed by atoms with Gasteiger partial charge in [-0.05, 0) is 69.0 Å². The maximum Gasteiger partial charge on any atom is 0.420 e. The molecule has 4 rings (SSSR count). The van der Waals surface area contributed by atoms with Crippen molar-refractivity contribution in [1.82, 2.24) is 14.9 Å². The van der Waals surface area contributed by atoms with Crippen LogP contribution in [0, 0.1) is 6.92 Å². The highest BCUT2D eigenvalue weighted by molar-refractivity contribution is 6.06. The fraction of sp³-hybridized carbons (Fsp3) is 0.310. The molecule has 228 valence electrons. The van der Waals surface area contributed by atoms with Gasteiger partial charge in [-0.1, -0.05) is 12.6 Å². The molecule has 0 saturated carbocycles. The second kappa shape index (κ2) is 13.0. The van der Waals surface area contributed by atoms with E-state index in [1.165, 1.54) is 24.4 Å². The number of carbonyl (C=O) groups excluding carboxylic acids is 1. The molecule has 1 aliphatic heterocycles. The molecule has 0 spiro atoms. The summed E-state index contributed by atoms with van der Waals surface area (Å²) in [5.41, 5.74) is 13.5. The van der Waals surface area contributed by atoms with Crippen LogP contribution in [0.1, 0.15) is 33.6 Å². The number of methoxy groups -OCH3 is 1. The van der Waals surface area contributed by atoms with Gasteiger partial charge < -0.3 is 36.6 Å². The maximum absolute atomic E-state index is 13.4. The monoisotopic (exact) mass is 597 g/mol. The van der Waals surface area contributed by atoms with Gasteiger partial charge in [0.25, 0.3) is 5.91 Å². The van der Waals surface area contributed by atoms with Crippen molar-refractivity contribution in [2.45, 2.75) is 19.5 Å². The predicted molar refractivity (Wildman–Crippen MR) is 162 cm³/mol. The first-order chi connectivity index (χ1) is 20.4. The van der Waals surface area contributed by atoms with E-state index in [4.69, 9.17) is 21.2 Å². The van der Waals surface area contributed by atoms with Crippen LogP contribution >= 0.6 is 0 Å². The van der Waals surface area contributed by atoms with Crippen molar-refractivity contribution in [3.63, 3.8) is 0 Å². The molecule has 3 aromatic rings. The first-order valence-electron chi connectivity index (χ1n) is 13.4. The van der Waals surface area contributed by atoms with E-state index in [0.717, 1.165) is 45.3 Å². The highest BCUT2D eigenvalue weighted by atomic mass is 19.4. The predicted octanol–water partition coefficient (Wildman–Crippen LogP) is 4.38. The summed E-state index contributed by atoms with van der Waals surface area (Å²) < 4.78 is 45.2. The first kappa shape index (κ1) is 31.1. The van der Waals surface area contributed by atoms with Crippen molar-refractivity contribution < 1.29 is 22.7 Å². The molecule has 11 nitrogen and oxygen atoms in total. The van der Waals surface area contributed by atoms with Crippen LogP contribution < -0.4 is 31.7 Å². The van der Waals surface area contributed by atoms with E-state index < -0.39 is 17.6 Å². The minimum Gasteiger partial charge on any atom is -0.496 e.